The Morgan fingerprint density at radius 3 is 3.00 bits per heavy atom. The first kappa shape index (κ1) is 13.1. The average molecular weight is 285 g/mol. The molecule has 112 valence electrons. The van der Waals surface area contributed by atoms with Crippen LogP contribution in [0.3, 0.4) is 0 Å². The molecule has 1 N–H and O–H groups in total. The number of piperidine rings is 1. The lowest BCUT2D eigenvalue weighted by Crippen LogP contribution is -2.50. The van der Waals surface area contributed by atoms with E-state index in [1.165, 1.54) is 37.7 Å². The van der Waals surface area contributed by atoms with Gasteiger partial charge in [0.1, 0.15) is 0 Å². The smallest absolute Gasteiger partial charge is 0.245 e. The highest BCUT2D eigenvalue weighted by atomic mass is 15.4. The summed E-state index contributed by atoms with van der Waals surface area (Å²) in [7, 11) is 0. The topological polar surface area (TPSA) is 45.5 Å². The van der Waals surface area contributed by atoms with Gasteiger partial charge in [-0.1, -0.05) is 6.07 Å². The van der Waals surface area contributed by atoms with Gasteiger partial charge in [-0.15, -0.1) is 5.10 Å². The van der Waals surface area contributed by atoms with Gasteiger partial charge < -0.3 is 10.2 Å². The Balaban J connectivity index is 1.69. The van der Waals surface area contributed by atoms with Gasteiger partial charge in [-0.2, -0.15) is 4.98 Å². The Morgan fingerprint density at radius 2 is 2.19 bits per heavy atom. The summed E-state index contributed by atoms with van der Waals surface area (Å²) < 4.78 is 1.92. The molecule has 2 aromatic rings. The molecule has 4 heterocycles. The lowest BCUT2D eigenvalue weighted by molar-refractivity contribution is 0.374. The van der Waals surface area contributed by atoms with E-state index >= 15 is 0 Å². The molecule has 2 aliphatic heterocycles. The molecule has 0 amide bonds. The van der Waals surface area contributed by atoms with Crippen LogP contribution in [0.5, 0.6) is 0 Å². The van der Waals surface area contributed by atoms with Crippen molar-refractivity contribution in [2.75, 3.05) is 18.0 Å². The number of aromatic nitrogens is 3. The molecule has 4 rings (SSSR count). The van der Waals surface area contributed by atoms with Gasteiger partial charge in [0.05, 0.1) is 0 Å². The maximum absolute atomic E-state index is 4.81. The van der Waals surface area contributed by atoms with E-state index in [0.29, 0.717) is 12.1 Å². The van der Waals surface area contributed by atoms with Crippen LogP contribution in [-0.4, -0.2) is 39.8 Å². The molecule has 2 fully saturated rings. The fourth-order valence-electron chi connectivity index (χ4n) is 3.81. The molecule has 0 bridgehead atoms. The molecular formula is C16H23N5. The Bertz CT molecular complexity index is 629. The largest absolute Gasteiger partial charge is 0.335 e. The molecule has 0 aliphatic carbocycles. The van der Waals surface area contributed by atoms with Crippen LogP contribution in [0.4, 0.5) is 5.95 Å². The van der Waals surface area contributed by atoms with Crippen molar-refractivity contribution in [3.8, 4) is 0 Å². The third-order valence-corrected chi connectivity index (χ3v) is 4.92. The van der Waals surface area contributed by atoms with E-state index in [1.54, 1.807) is 0 Å². The molecule has 5 heteroatoms. The van der Waals surface area contributed by atoms with Crippen molar-refractivity contribution in [3.63, 3.8) is 0 Å². The Labute approximate surface area is 125 Å². The Kier molecular flexibility index (Phi) is 3.30. The first-order valence-electron chi connectivity index (χ1n) is 8.15. The summed E-state index contributed by atoms with van der Waals surface area (Å²) >= 11 is 0. The van der Waals surface area contributed by atoms with Gasteiger partial charge in [0, 0.05) is 24.8 Å². The number of hydrogen-bond donors (Lipinski definition) is 1. The molecule has 5 nitrogen and oxygen atoms in total. The van der Waals surface area contributed by atoms with Crippen LogP contribution in [-0.2, 0) is 0 Å². The van der Waals surface area contributed by atoms with Crippen LogP contribution < -0.4 is 10.2 Å². The Hall–Kier alpha value is -1.62. The van der Waals surface area contributed by atoms with Crippen molar-refractivity contribution in [1.29, 1.82) is 0 Å². The second kappa shape index (κ2) is 5.30. The van der Waals surface area contributed by atoms with Crippen molar-refractivity contribution < 1.29 is 0 Å². The molecule has 0 radical (unpaired) electrons. The summed E-state index contributed by atoms with van der Waals surface area (Å²) in [5, 5.41) is 8.39. The summed E-state index contributed by atoms with van der Waals surface area (Å²) in [6.45, 7) is 4.34. The zero-order chi connectivity index (χ0) is 14.2. The van der Waals surface area contributed by atoms with Crippen LogP contribution in [0.25, 0.3) is 5.65 Å². The van der Waals surface area contributed by atoms with Gasteiger partial charge in [-0.3, -0.25) is 0 Å². The van der Waals surface area contributed by atoms with Gasteiger partial charge in [0.2, 0.25) is 5.95 Å². The first-order valence-corrected chi connectivity index (χ1v) is 8.15. The SMILES string of the molecule is Cc1cccn2nc(N3CCCCC3C3CCCN3)nc12. The van der Waals surface area contributed by atoms with Gasteiger partial charge >= 0.3 is 0 Å². The highest BCUT2D eigenvalue weighted by molar-refractivity contribution is 5.51. The summed E-state index contributed by atoms with van der Waals surface area (Å²) in [4.78, 5) is 7.25. The van der Waals surface area contributed by atoms with Crippen LogP contribution in [0.2, 0.25) is 0 Å². The van der Waals surface area contributed by atoms with E-state index in [-0.39, 0.29) is 0 Å². The highest BCUT2D eigenvalue weighted by Gasteiger charge is 2.33. The average Bonchev–Trinajstić information content (AvgIpc) is 3.17. The summed E-state index contributed by atoms with van der Waals surface area (Å²) in [5.41, 5.74) is 2.17. The maximum atomic E-state index is 4.81. The number of aryl methyl sites for hydroxylation is 1. The van der Waals surface area contributed by atoms with Crippen molar-refractivity contribution in [3.05, 3.63) is 23.9 Å². The van der Waals surface area contributed by atoms with Crippen molar-refractivity contribution in [1.82, 2.24) is 19.9 Å². The molecule has 2 aliphatic rings. The minimum absolute atomic E-state index is 0.555. The molecule has 2 atom stereocenters. The quantitative estimate of drug-likeness (QED) is 0.918. The van der Waals surface area contributed by atoms with Crippen LogP contribution in [0.1, 0.15) is 37.7 Å². The van der Waals surface area contributed by atoms with Gasteiger partial charge in [-0.05, 0) is 57.2 Å². The summed E-state index contributed by atoms with van der Waals surface area (Å²) in [6, 6.07) is 5.30. The number of pyridine rings is 1. The normalized spacial score (nSPS) is 26.6. The Morgan fingerprint density at radius 1 is 1.24 bits per heavy atom. The van der Waals surface area contributed by atoms with E-state index in [0.717, 1.165) is 24.7 Å². The van der Waals surface area contributed by atoms with Gasteiger partial charge in [0.15, 0.2) is 5.65 Å². The van der Waals surface area contributed by atoms with E-state index in [1.807, 2.05) is 16.8 Å². The molecule has 0 saturated carbocycles. The zero-order valence-electron chi connectivity index (χ0n) is 12.6. The van der Waals surface area contributed by atoms with E-state index in [2.05, 4.69) is 23.2 Å². The fourth-order valence-corrected chi connectivity index (χ4v) is 3.81. The lowest BCUT2D eigenvalue weighted by atomic mass is 9.95. The van der Waals surface area contributed by atoms with Gasteiger partial charge in [-0.25, -0.2) is 4.52 Å². The number of nitrogens with zero attached hydrogens (tertiary/aromatic N) is 4. The second-order valence-electron chi connectivity index (χ2n) is 6.33. The molecule has 0 aromatic carbocycles. The molecule has 0 spiro atoms. The monoisotopic (exact) mass is 285 g/mol. The van der Waals surface area contributed by atoms with Crippen LogP contribution in [0.15, 0.2) is 18.3 Å². The molecule has 21 heavy (non-hydrogen) atoms. The summed E-state index contributed by atoms with van der Waals surface area (Å²) in [6.07, 6.45) is 8.40. The zero-order valence-corrected chi connectivity index (χ0v) is 12.6. The molecule has 2 saturated heterocycles. The number of anilines is 1. The van der Waals surface area contributed by atoms with Crippen LogP contribution >= 0.6 is 0 Å². The predicted octanol–water partition coefficient (Wildman–Crippen LogP) is 2.15. The third kappa shape index (κ3) is 2.29. The first-order chi connectivity index (χ1) is 10.3. The van der Waals surface area contributed by atoms with E-state index in [4.69, 9.17) is 10.1 Å². The van der Waals surface area contributed by atoms with E-state index < -0.39 is 0 Å². The minimum Gasteiger partial charge on any atom is -0.335 e. The molecular weight excluding hydrogens is 262 g/mol. The summed E-state index contributed by atoms with van der Waals surface area (Å²) in [5.74, 6) is 0.905. The molecule has 2 aromatic heterocycles. The number of nitrogens with one attached hydrogen (secondary N) is 1. The molecule has 2 unspecified atom stereocenters. The number of rotatable bonds is 2. The van der Waals surface area contributed by atoms with Crippen LogP contribution in [0, 0.1) is 6.92 Å². The highest BCUT2D eigenvalue weighted by Crippen LogP contribution is 2.27. The predicted molar refractivity (Wildman–Crippen MR) is 83.7 cm³/mol. The minimum atomic E-state index is 0.555. The number of hydrogen-bond acceptors (Lipinski definition) is 4. The van der Waals surface area contributed by atoms with Gasteiger partial charge in [0.25, 0.3) is 0 Å². The standard InChI is InChI=1S/C16H23N5/c1-12-6-5-11-21-15(12)18-16(19-21)20-10-3-2-8-14(20)13-7-4-9-17-13/h5-6,11,13-14,17H,2-4,7-10H2,1H3. The van der Waals surface area contributed by atoms with Crippen molar-refractivity contribution >= 4 is 11.6 Å². The third-order valence-electron chi connectivity index (χ3n) is 4.92. The maximum Gasteiger partial charge on any atom is 0.245 e. The van der Waals surface area contributed by atoms with Crippen molar-refractivity contribution in [2.45, 2.75) is 51.1 Å². The van der Waals surface area contributed by atoms with E-state index in [9.17, 15) is 0 Å². The van der Waals surface area contributed by atoms with Crippen molar-refractivity contribution in [2.24, 2.45) is 0 Å². The lowest BCUT2D eigenvalue weighted by Gasteiger charge is -2.38. The number of fused-ring (bicyclic) bond motifs is 1. The second-order valence-corrected chi connectivity index (χ2v) is 6.33. The fraction of sp³-hybridized carbons (Fsp3) is 0.625.